The Bertz CT molecular complexity index is 1020. The van der Waals surface area contributed by atoms with Crippen molar-refractivity contribution in [1.29, 1.82) is 0 Å². The highest BCUT2D eigenvalue weighted by atomic mass is 32.2. The van der Waals surface area contributed by atoms with E-state index in [4.69, 9.17) is 18.9 Å². The van der Waals surface area contributed by atoms with Crippen LogP contribution in [0.25, 0.3) is 0 Å². The minimum Gasteiger partial charge on any atom is -0.493 e. The number of anilines is 1. The molecule has 0 radical (unpaired) electrons. The number of carbonyl (C=O) groups excluding carboxylic acids is 1. The molecule has 1 amide bonds. The molecule has 0 bridgehead atoms. The summed E-state index contributed by atoms with van der Waals surface area (Å²) in [6.07, 6.45) is 1.05. The number of nitrogens with zero attached hydrogens (tertiary/aromatic N) is 2. The number of ether oxygens (including phenoxy) is 4. The molecule has 0 aliphatic heterocycles. The number of rotatable bonds is 10. The molecule has 0 heterocycles. The van der Waals surface area contributed by atoms with E-state index >= 15 is 0 Å². The number of carbonyl (C=O) groups is 1. The van der Waals surface area contributed by atoms with Crippen LogP contribution in [0.4, 0.5) is 5.69 Å². The first-order valence-corrected chi connectivity index (χ1v) is 11.1. The molecule has 0 saturated carbocycles. The van der Waals surface area contributed by atoms with Crippen LogP contribution in [0, 0.1) is 0 Å². The van der Waals surface area contributed by atoms with E-state index in [1.165, 1.54) is 32.3 Å². The second-order valence-corrected chi connectivity index (χ2v) is 8.65. The summed E-state index contributed by atoms with van der Waals surface area (Å²) in [5, 5.41) is 0. The number of amides is 1. The Morgan fingerprint density at radius 3 is 1.87 bits per heavy atom. The van der Waals surface area contributed by atoms with Crippen LogP contribution >= 0.6 is 0 Å². The first-order chi connectivity index (χ1) is 14.6. The van der Waals surface area contributed by atoms with Crippen molar-refractivity contribution in [2.75, 3.05) is 52.6 Å². The SMILES string of the molecule is COc1ccc(CN(C)C(=O)CN(c2ccc(OC)c(OC)c2)S(C)(=O)=O)cc1OC. The molecule has 9 nitrogen and oxygen atoms in total. The lowest BCUT2D eigenvalue weighted by molar-refractivity contribution is -0.128. The van der Waals surface area contributed by atoms with Gasteiger partial charge in [0.25, 0.3) is 0 Å². The van der Waals surface area contributed by atoms with Crippen LogP contribution in [-0.2, 0) is 21.4 Å². The largest absolute Gasteiger partial charge is 0.493 e. The van der Waals surface area contributed by atoms with E-state index < -0.39 is 10.0 Å². The zero-order chi connectivity index (χ0) is 23.2. The highest BCUT2D eigenvalue weighted by Gasteiger charge is 2.24. The quantitative estimate of drug-likeness (QED) is 0.545. The van der Waals surface area contributed by atoms with Gasteiger partial charge in [0, 0.05) is 19.7 Å². The minimum atomic E-state index is -3.73. The van der Waals surface area contributed by atoms with E-state index in [0.29, 0.717) is 28.7 Å². The summed E-state index contributed by atoms with van der Waals surface area (Å²) in [4.78, 5) is 14.3. The van der Waals surface area contributed by atoms with Crippen molar-refractivity contribution in [1.82, 2.24) is 4.90 Å². The third kappa shape index (κ3) is 5.94. The summed E-state index contributed by atoms with van der Waals surface area (Å²) < 4.78 is 46.8. The third-order valence-electron chi connectivity index (χ3n) is 4.63. The van der Waals surface area contributed by atoms with E-state index in [2.05, 4.69) is 0 Å². The van der Waals surface area contributed by atoms with Crippen molar-refractivity contribution in [2.45, 2.75) is 6.54 Å². The maximum atomic E-state index is 12.8. The van der Waals surface area contributed by atoms with Gasteiger partial charge in [-0.3, -0.25) is 9.10 Å². The summed E-state index contributed by atoms with van der Waals surface area (Å²) in [5.41, 5.74) is 1.11. The first kappa shape index (κ1) is 24.1. The summed E-state index contributed by atoms with van der Waals surface area (Å²) in [7, 11) is 3.89. The van der Waals surface area contributed by atoms with Crippen LogP contribution in [-0.4, -0.2) is 67.5 Å². The fourth-order valence-electron chi connectivity index (χ4n) is 2.96. The second kappa shape index (κ2) is 10.3. The van der Waals surface area contributed by atoms with Crippen LogP contribution in [0.1, 0.15) is 5.56 Å². The molecule has 0 aromatic heterocycles. The van der Waals surface area contributed by atoms with E-state index in [1.807, 2.05) is 6.07 Å². The van der Waals surface area contributed by atoms with Crippen molar-refractivity contribution < 1.29 is 32.2 Å². The molecule has 0 fully saturated rings. The van der Waals surface area contributed by atoms with Gasteiger partial charge in [-0.25, -0.2) is 8.42 Å². The Hall–Kier alpha value is -3.14. The molecule has 2 rings (SSSR count). The Kier molecular flexibility index (Phi) is 7.98. The molecule has 0 atom stereocenters. The van der Waals surface area contributed by atoms with E-state index in [-0.39, 0.29) is 19.0 Å². The lowest BCUT2D eigenvalue weighted by Crippen LogP contribution is -2.41. The molecule has 2 aromatic rings. The molecule has 0 aliphatic rings. The number of benzene rings is 2. The lowest BCUT2D eigenvalue weighted by Gasteiger charge is -2.26. The van der Waals surface area contributed by atoms with Gasteiger partial charge < -0.3 is 23.8 Å². The zero-order valence-electron chi connectivity index (χ0n) is 18.5. The number of hydrogen-bond donors (Lipinski definition) is 0. The number of likely N-dealkylation sites (N-methyl/N-ethyl adjacent to an activating group) is 1. The van der Waals surface area contributed by atoms with Crippen molar-refractivity contribution in [3.05, 3.63) is 42.0 Å². The van der Waals surface area contributed by atoms with E-state index in [1.54, 1.807) is 38.4 Å². The van der Waals surface area contributed by atoms with Gasteiger partial charge in [-0.05, 0) is 29.8 Å². The van der Waals surface area contributed by atoms with Gasteiger partial charge in [0.1, 0.15) is 6.54 Å². The highest BCUT2D eigenvalue weighted by Crippen LogP contribution is 2.32. The smallest absolute Gasteiger partial charge is 0.243 e. The van der Waals surface area contributed by atoms with Crippen molar-refractivity contribution >= 4 is 21.6 Å². The fourth-order valence-corrected chi connectivity index (χ4v) is 3.81. The van der Waals surface area contributed by atoms with Crippen molar-refractivity contribution in [3.63, 3.8) is 0 Å². The average Bonchev–Trinajstić information content (AvgIpc) is 2.75. The number of hydrogen-bond acceptors (Lipinski definition) is 7. The summed E-state index contributed by atoms with van der Waals surface area (Å²) >= 11 is 0. The van der Waals surface area contributed by atoms with Gasteiger partial charge in [0.15, 0.2) is 23.0 Å². The average molecular weight is 453 g/mol. The monoisotopic (exact) mass is 452 g/mol. The topological polar surface area (TPSA) is 94.6 Å². The van der Waals surface area contributed by atoms with Gasteiger partial charge in [-0.15, -0.1) is 0 Å². The molecule has 10 heteroatoms. The van der Waals surface area contributed by atoms with E-state index in [0.717, 1.165) is 16.1 Å². The Morgan fingerprint density at radius 2 is 1.35 bits per heavy atom. The summed E-state index contributed by atoms with van der Waals surface area (Å²) in [6.45, 7) is -0.0964. The standard InChI is InChI=1S/C21H28N2O7S/c1-22(13-15-7-9-17(27-2)19(11-15)29-4)21(24)14-23(31(6,25)26)16-8-10-18(28-3)20(12-16)30-5/h7-12H,13-14H2,1-6H3. The van der Waals surface area contributed by atoms with Crippen LogP contribution in [0.3, 0.4) is 0 Å². The van der Waals surface area contributed by atoms with Crippen LogP contribution in [0.15, 0.2) is 36.4 Å². The number of methoxy groups -OCH3 is 4. The van der Waals surface area contributed by atoms with Gasteiger partial charge in [0.05, 0.1) is 40.4 Å². The predicted octanol–water partition coefficient (Wildman–Crippen LogP) is 2.15. The molecule has 31 heavy (non-hydrogen) atoms. The maximum absolute atomic E-state index is 12.8. The molecule has 2 aromatic carbocycles. The highest BCUT2D eigenvalue weighted by molar-refractivity contribution is 7.92. The molecular weight excluding hydrogens is 424 g/mol. The van der Waals surface area contributed by atoms with Crippen LogP contribution in [0.2, 0.25) is 0 Å². The lowest BCUT2D eigenvalue weighted by atomic mass is 10.2. The van der Waals surface area contributed by atoms with Crippen molar-refractivity contribution in [3.8, 4) is 23.0 Å². The first-order valence-electron chi connectivity index (χ1n) is 9.29. The zero-order valence-corrected chi connectivity index (χ0v) is 19.4. The summed E-state index contributed by atoms with van der Waals surface area (Å²) in [5.74, 6) is 1.56. The minimum absolute atomic E-state index is 0.267. The maximum Gasteiger partial charge on any atom is 0.243 e. The summed E-state index contributed by atoms with van der Waals surface area (Å²) in [6, 6.07) is 9.99. The molecule has 0 saturated heterocycles. The molecule has 0 aliphatic carbocycles. The second-order valence-electron chi connectivity index (χ2n) is 6.75. The molecular formula is C21H28N2O7S. The van der Waals surface area contributed by atoms with Gasteiger partial charge in [0.2, 0.25) is 15.9 Å². The Balaban J connectivity index is 2.23. The predicted molar refractivity (Wildman–Crippen MR) is 118 cm³/mol. The van der Waals surface area contributed by atoms with Crippen LogP contribution < -0.4 is 23.3 Å². The van der Waals surface area contributed by atoms with Gasteiger partial charge in [-0.1, -0.05) is 6.07 Å². The van der Waals surface area contributed by atoms with Crippen molar-refractivity contribution in [2.24, 2.45) is 0 Å². The van der Waals surface area contributed by atoms with Gasteiger partial charge in [-0.2, -0.15) is 0 Å². The molecule has 170 valence electrons. The molecule has 0 unspecified atom stereocenters. The van der Waals surface area contributed by atoms with E-state index in [9.17, 15) is 13.2 Å². The van der Waals surface area contributed by atoms with Crippen LogP contribution in [0.5, 0.6) is 23.0 Å². The fraction of sp³-hybridized carbons (Fsp3) is 0.381. The molecule has 0 N–H and O–H groups in total. The Morgan fingerprint density at radius 1 is 0.839 bits per heavy atom. The number of sulfonamides is 1. The van der Waals surface area contributed by atoms with Gasteiger partial charge >= 0.3 is 0 Å². The Labute approximate surface area is 183 Å². The third-order valence-corrected chi connectivity index (χ3v) is 5.77. The normalized spacial score (nSPS) is 10.9. The molecule has 0 spiro atoms.